The minimum Gasteiger partial charge on any atom is -0.464 e. The van der Waals surface area contributed by atoms with Crippen LogP contribution in [0, 0.1) is 10.1 Å². The Morgan fingerprint density at radius 2 is 2.00 bits per heavy atom. The minimum atomic E-state index is -1.03. The topological polar surface area (TPSA) is 92.9 Å². The number of hydrogen-bond donors (Lipinski definition) is 1. The highest BCUT2D eigenvalue weighted by atomic mass is 16.6. The van der Waals surface area contributed by atoms with Crippen molar-refractivity contribution in [1.29, 1.82) is 0 Å². The smallest absolute Gasteiger partial charge is 0.308 e. The van der Waals surface area contributed by atoms with E-state index in [0.29, 0.717) is 12.1 Å². The molecule has 1 unspecified atom stereocenters. The van der Waals surface area contributed by atoms with Gasteiger partial charge in [0.25, 0.3) is 5.69 Å². The minimum absolute atomic E-state index is 0.0606. The van der Waals surface area contributed by atoms with Crippen LogP contribution >= 0.6 is 0 Å². The van der Waals surface area contributed by atoms with Crippen LogP contribution in [0.4, 0.5) is 5.69 Å². The number of nitrogens with zero attached hydrogens (tertiary/aromatic N) is 2. The fourth-order valence-corrected chi connectivity index (χ4v) is 1.49. The molecule has 0 fully saturated rings. The zero-order valence-corrected chi connectivity index (χ0v) is 11.5. The summed E-state index contributed by atoms with van der Waals surface area (Å²) < 4.78 is 4.96. The average molecular weight is 282 g/mol. The molecule has 0 aliphatic rings. The molecule has 0 saturated heterocycles. The van der Waals surface area contributed by atoms with Gasteiger partial charge in [-0.3, -0.25) is 14.9 Å². The molecule has 20 heavy (non-hydrogen) atoms. The van der Waals surface area contributed by atoms with Crippen molar-refractivity contribution in [2.45, 2.75) is 12.5 Å². The Labute approximate surface area is 116 Å². The third-order valence-electron chi connectivity index (χ3n) is 2.65. The van der Waals surface area contributed by atoms with Gasteiger partial charge in [0.2, 0.25) is 0 Å². The van der Waals surface area contributed by atoms with E-state index in [9.17, 15) is 20.0 Å². The molecule has 1 aromatic carbocycles. The summed E-state index contributed by atoms with van der Waals surface area (Å²) in [5, 5.41) is 20.3. The van der Waals surface area contributed by atoms with Gasteiger partial charge in [0.1, 0.15) is 6.61 Å². The van der Waals surface area contributed by atoms with Gasteiger partial charge in [-0.1, -0.05) is 0 Å². The first-order valence-corrected chi connectivity index (χ1v) is 6.13. The highest BCUT2D eigenvalue weighted by molar-refractivity contribution is 5.70. The summed E-state index contributed by atoms with van der Waals surface area (Å²) in [6, 6.07) is 5.43. The molecular formula is C13H18N2O5. The molecule has 0 radical (unpaired) electrons. The van der Waals surface area contributed by atoms with Crippen molar-refractivity contribution >= 4 is 11.7 Å². The number of likely N-dealkylation sites (N-methyl/N-ethyl adjacent to an activating group) is 1. The molecule has 1 rings (SSSR count). The number of nitro benzene ring substituents is 1. The summed E-state index contributed by atoms with van der Waals surface area (Å²) in [4.78, 5) is 23.3. The lowest BCUT2D eigenvalue weighted by atomic mass is 10.1. The Morgan fingerprint density at radius 1 is 1.40 bits per heavy atom. The van der Waals surface area contributed by atoms with Gasteiger partial charge in [0, 0.05) is 18.7 Å². The molecule has 0 aliphatic heterocycles. The Hall–Kier alpha value is -1.99. The Balaban J connectivity index is 2.47. The molecule has 0 saturated carbocycles. The highest BCUT2D eigenvalue weighted by Crippen LogP contribution is 2.20. The molecule has 0 heterocycles. The van der Waals surface area contributed by atoms with E-state index in [-0.39, 0.29) is 18.7 Å². The summed E-state index contributed by atoms with van der Waals surface area (Å²) in [5.74, 6) is -0.502. The van der Waals surface area contributed by atoms with Crippen molar-refractivity contribution < 1.29 is 19.6 Å². The average Bonchev–Trinajstić information content (AvgIpc) is 2.38. The first kappa shape index (κ1) is 16.1. The molecule has 0 aliphatic carbocycles. The number of rotatable bonds is 7. The molecule has 7 heteroatoms. The SMILES string of the molecule is CN(C)CCOC(=O)CC(O)c1ccc([N+](=O)[O-])cc1. The van der Waals surface area contributed by atoms with E-state index >= 15 is 0 Å². The maximum atomic E-state index is 11.5. The molecule has 7 nitrogen and oxygen atoms in total. The second-order valence-corrected chi connectivity index (χ2v) is 4.59. The number of benzene rings is 1. The number of aliphatic hydroxyl groups excluding tert-OH is 1. The maximum absolute atomic E-state index is 11.5. The molecule has 1 aromatic rings. The maximum Gasteiger partial charge on any atom is 0.308 e. The van der Waals surface area contributed by atoms with Crippen LogP contribution in [0.2, 0.25) is 0 Å². The summed E-state index contributed by atoms with van der Waals surface area (Å²) in [7, 11) is 3.72. The Morgan fingerprint density at radius 3 is 2.50 bits per heavy atom. The van der Waals surface area contributed by atoms with Gasteiger partial charge in [0.15, 0.2) is 0 Å². The van der Waals surface area contributed by atoms with E-state index in [1.54, 1.807) is 0 Å². The molecule has 110 valence electrons. The van der Waals surface area contributed by atoms with Crippen LogP contribution < -0.4 is 0 Å². The van der Waals surface area contributed by atoms with Gasteiger partial charge < -0.3 is 14.7 Å². The third-order valence-corrected chi connectivity index (χ3v) is 2.65. The zero-order valence-electron chi connectivity index (χ0n) is 11.5. The Bertz CT molecular complexity index is 458. The van der Waals surface area contributed by atoms with Crippen LogP contribution in [0.25, 0.3) is 0 Å². The molecule has 0 bridgehead atoms. The summed E-state index contributed by atoms with van der Waals surface area (Å²) in [6.07, 6.45) is -1.20. The number of carbonyl (C=O) groups is 1. The van der Waals surface area contributed by atoms with Crippen molar-refractivity contribution in [3.05, 3.63) is 39.9 Å². The number of carbonyl (C=O) groups excluding carboxylic acids is 1. The lowest BCUT2D eigenvalue weighted by Gasteiger charge is -2.12. The Kier molecular flexibility index (Phi) is 6.08. The standard InChI is InChI=1S/C13H18N2O5/c1-14(2)7-8-20-13(17)9-12(16)10-3-5-11(6-4-10)15(18)19/h3-6,12,16H,7-9H2,1-2H3. The second-order valence-electron chi connectivity index (χ2n) is 4.59. The number of aliphatic hydroxyl groups is 1. The molecule has 0 aromatic heterocycles. The fourth-order valence-electron chi connectivity index (χ4n) is 1.49. The van der Waals surface area contributed by atoms with Gasteiger partial charge in [0.05, 0.1) is 17.4 Å². The molecular weight excluding hydrogens is 264 g/mol. The van der Waals surface area contributed by atoms with Crippen molar-refractivity contribution in [3.63, 3.8) is 0 Å². The predicted molar refractivity (Wildman–Crippen MR) is 72.2 cm³/mol. The number of ether oxygens (including phenoxy) is 1. The summed E-state index contributed by atoms with van der Waals surface area (Å²) in [6.45, 7) is 0.873. The second kappa shape index (κ2) is 7.56. The monoisotopic (exact) mass is 282 g/mol. The van der Waals surface area contributed by atoms with Crippen molar-refractivity contribution in [1.82, 2.24) is 4.90 Å². The molecule has 0 spiro atoms. The van der Waals surface area contributed by atoms with E-state index in [2.05, 4.69) is 0 Å². The molecule has 1 atom stereocenters. The van der Waals surface area contributed by atoms with Crippen molar-refractivity contribution in [2.75, 3.05) is 27.2 Å². The van der Waals surface area contributed by atoms with Crippen LogP contribution in [-0.2, 0) is 9.53 Å². The van der Waals surface area contributed by atoms with Gasteiger partial charge in [-0.05, 0) is 31.8 Å². The third kappa shape index (κ3) is 5.33. The van der Waals surface area contributed by atoms with Crippen LogP contribution in [0.1, 0.15) is 18.1 Å². The largest absolute Gasteiger partial charge is 0.464 e. The first-order chi connectivity index (χ1) is 9.40. The first-order valence-electron chi connectivity index (χ1n) is 6.13. The number of esters is 1. The van der Waals surface area contributed by atoms with E-state index < -0.39 is 17.0 Å². The van der Waals surface area contributed by atoms with Crippen LogP contribution in [-0.4, -0.2) is 48.1 Å². The van der Waals surface area contributed by atoms with Gasteiger partial charge in [-0.15, -0.1) is 0 Å². The molecule has 1 N–H and O–H groups in total. The van der Waals surface area contributed by atoms with Crippen LogP contribution in [0.15, 0.2) is 24.3 Å². The number of nitro groups is 1. The van der Waals surface area contributed by atoms with E-state index in [1.807, 2.05) is 19.0 Å². The van der Waals surface area contributed by atoms with E-state index in [4.69, 9.17) is 4.74 Å². The lowest BCUT2D eigenvalue weighted by molar-refractivity contribution is -0.384. The van der Waals surface area contributed by atoms with Crippen LogP contribution in [0.3, 0.4) is 0 Å². The van der Waals surface area contributed by atoms with Gasteiger partial charge in [-0.2, -0.15) is 0 Å². The number of hydrogen-bond acceptors (Lipinski definition) is 6. The fraction of sp³-hybridized carbons (Fsp3) is 0.462. The van der Waals surface area contributed by atoms with E-state index in [1.165, 1.54) is 24.3 Å². The highest BCUT2D eigenvalue weighted by Gasteiger charge is 2.15. The lowest BCUT2D eigenvalue weighted by Crippen LogP contribution is -2.20. The van der Waals surface area contributed by atoms with Crippen molar-refractivity contribution in [2.24, 2.45) is 0 Å². The molecule has 0 amide bonds. The predicted octanol–water partition coefficient (Wildman–Crippen LogP) is 1.12. The van der Waals surface area contributed by atoms with E-state index in [0.717, 1.165) is 0 Å². The quantitative estimate of drug-likeness (QED) is 0.457. The summed E-state index contributed by atoms with van der Waals surface area (Å²) in [5.41, 5.74) is 0.384. The normalized spacial score (nSPS) is 12.2. The van der Waals surface area contributed by atoms with Crippen molar-refractivity contribution in [3.8, 4) is 0 Å². The number of non-ortho nitro benzene ring substituents is 1. The summed E-state index contributed by atoms with van der Waals surface area (Å²) >= 11 is 0. The van der Waals surface area contributed by atoms with Gasteiger partial charge in [-0.25, -0.2) is 0 Å². The van der Waals surface area contributed by atoms with Crippen LogP contribution in [0.5, 0.6) is 0 Å². The van der Waals surface area contributed by atoms with Gasteiger partial charge >= 0.3 is 5.97 Å². The zero-order chi connectivity index (χ0) is 15.1.